The first kappa shape index (κ1) is 43.0. The standard InChI is InChI=1S/C40H53N7O6S/c1-5-31(38(51)46-34(24-28-14-7-6-8-15-28)37(50)42-22-11-13-27(3)36(41)49)45-39(52)33(21-23-54-4)44-35(48)25-29-17-19-30(20-18-29)43-40(53)47-32-16-10-9-12-26(32)2/h6-10,12,14-20,27,31,33-34H,5,11,13,21-25H2,1-4H3,(H2,41,49)(H,42,50)(H,44,48)(H,45,52)(H,46,51)(H2,43,47,53)/t27-,31+,33+,34+/m1/s1. The van der Waals surface area contributed by atoms with Crippen molar-refractivity contribution in [3.05, 3.63) is 95.6 Å². The Bertz CT molecular complexity index is 1710. The molecule has 4 atom stereocenters. The quantitative estimate of drug-likeness (QED) is 0.0794. The molecule has 14 heteroatoms. The lowest BCUT2D eigenvalue weighted by Gasteiger charge is -2.25. The number of urea groups is 1. The highest BCUT2D eigenvalue weighted by molar-refractivity contribution is 7.98. The number of anilines is 2. The summed E-state index contributed by atoms with van der Waals surface area (Å²) >= 11 is 1.52. The van der Waals surface area contributed by atoms with Gasteiger partial charge in [0.1, 0.15) is 18.1 Å². The number of primary amides is 1. The van der Waals surface area contributed by atoms with Gasteiger partial charge in [0.25, 0.3) is 0 Å². The number of hydrogen-bond acceptors (Lipinski definition) is 7. The van der Waals surface area contributed by atoms with Crippen molar-refractivity contribution in [1.82, 2.24) is 21.3 Å². The van der Waals surface area contributed by atoms with Crippen LogP contribution in [-0.2, 0) is 36.8 Å². The van der Waals surface area contributed by atoms with Gasteiger partial charge >= 0.3 is 6.03 Å². The van der Waals surface area contributed by atoms with E-state index in [1.165, 1.54) is 11.8 Å². The van der Waals surface area contributed by atoms with E-state index >= 15 is 0 Å². The van der Waals surface area contributed by atoms with Crippen LogP contribution in [0, 0.1) is 12.8 Å². The zero-order chi connectivity index (χ0) is 39.5. The molecular weight excluding hydrogens is 707 g/mol. The minimum absolute atomic E-state index is 0.00581. The Morgan fingerprint density at radius 2 is 1.37 bits per heavy atom. The molecular formula is C40H53N7O6S. The number of carbonyl (C=O) groups excluding carboxylic acids is 6. The molecule has 0 heterocycles. The van der Waals surface area contributed by atoms with Crippen LogP contribution in [0.5, 0.6) is 0 Å². The lowest BCUT2D eigenvalue weighted by Crippen LogP contribution is -2.57. The third-order valence-corrected chi connectivity index (χ3v) is 9.43. The van der Waals surface area contributed by atoms with E-state index in [-0.39, 0.29) is 37.0 Å². The van der Waals surface area contributed by atoms with Gasteiger partial charge in [-0.25, -0.2) is 4.79 Å². The molecule has 8 N–H and O–H groups in total. The third kappa shape index (κ3) is 14.9. The van der Waals surface area contributed by atoms with Crippen LogP contribution >= 0.6 is 11.8 Å². The predicted molar refractivity (Wildman–Crippen MR) is 214 cm³/mol. The summed E-state index contributed by atoms with van der Waals surface area (Å²) in [5, 5.41) is 16.8. The Morgan fingerprint density at radius 1 is 0.722 bits per heavy atom. The fourth-order valence-electron chi connectivity index (χ4n) is 5.48. The van der Waals surface area contributed by atoms with Crippen LogP contribution in [0.4, 0.5) is 16.2 Å². The Kier molecular flexibility index (Phi) is 18.0. The number of nitrogens with two attached hydrogens (primary N) is 1. The number of aryl methyl sites for hydroxylation is 1. The molecule has 13 nitrogen and oxygen atoms in total. The zero-order valence-electron chi connectivity index (χ0n) is 31.4. The number of benzene rings is 3. The second-order valence-corrected chi connectivity index (χ2v) is 14.1. The van der Waals surface area contributed by atoms with E-state index in [0.29, 0.717) is 48.5 Å². The summed E-state index contributed by atoms with van der Waals surface area (Å²) < 4.78 is 0. The summed E-state index contributed by atoms with van der Waals surface area (Å²) in [6.45, 7) is 5.68. The monoisotopic (exact) mass is 759 g/mol. The summed E-state index contributed by atoms with van der Waals surface area (Å²) in [5.41, 5.74) is 9.03. The minimum Gasteiger partial charge on any atom is -0.369 e. The summed E-state index contributed by atoms with van der Waals surface area (Å²) in [7, 11) is 0. The van der Waals surface area contributed by atoms with Crippen molar-refractivity contribution < 1.29 is 28.8 Å². The maximum atomic E-state index is 13.5. The lowest BCUT2D eigenvalue weighted by molar-refractivity contribution is -0.133. The Balaban J connectivity index is 1.59. The Hall–Kier alpha value is -5.37. The van der Waals surface area contributed by atoms with Crippen molar-refractivity contribution in [3.8, 4) is 0 Å². The summed E-state index contributed by atoms with van der Waals surface area (Å²) in [6.07, 6.45) is 3.75. The first-order valence-electron chi connectivity index (χ1n) is 18.1. The van der Waals surface area contributed by atoms with E-state index in [2.05, 4.69) is 31.9 Å². The van der Waals surface area contributed by atoms with Gasteiger partial charge in [-0.1, -0.05) is 74.5 Å². The smallest absolute Gasteiger partial charge is 0.323 e. The number of para-hydroxylation sites is 1. The second-order valence-electron chi connectivity index (χ2n) is 13.1. The zero-order valence-corrected chi connectivity index (χ0v) is 32.2. The molecule has 0 aromatic heterocycles. The molecule has 0 unspecified atom stereocenters. The predicted octanol–water partition coefficient (Wildman–Crippen LogP) is 4.06. The molecule has 0 fully saturated rings. The average Bonchev–Trinajstić information content (AvgIpc) is 3.15. The van der Waals surface area contributed by atoms with Crippen molar-refractivity contribution in [2.45, 2.75) is 77.4 Å². The summed E-state index contributed by atoms with van der Waals surface area (Å²) in [6, 6.07) is 20.4. The number of amides is 7. The fraction of sp³-hybridized carbons (Fsp3) is 0.400. The van der Waals surface area contributed by atoms with Crippen molar-refractivity contribution >= 4 is 58.7 Å². The number of carbonyl (C=O) groups is 6. The SMILES string of the molecule is CC[C@H](NC(=O)[C@H](CCSC)NC(=O)Cc1ccc(NC(=O)Nc2ccccc2C)cc1)C(=O)N[C@@H](Cc1ccccc1)C(=O)NCCC[C@@H](C)C(N)=O. The molecule has 0 aliphatic rings. The topological polar surface area (TPSA) is 201 Å². The molecule has 0 aliphatic heterocycles. The number of nitrogens with one attached hydrogen (secondary N) is 6. The van der Waals surface area contributed by atoms with Crippen molar-refractivity contribution in [2.75, 3.05) is 29.2 Å². The van der Waals surface area contributed by atoms with Crippen LogP contribution in [-0.4, -0.2) is 72.2 Å². The highest BCUT2D eigenvalue weighted by Gasteiger charge is 2.29. The van der Waals surface area contributed by atoms with E-state index < -0.39 is 41.9 Å². The van der Waals surface area contributed by atoms with Crippen LogP contribution in [0.25, 0.3) is 0 Å². The maximum Gasteiger partial charge on any atom is 0.323 e. The first-order valence-corrected chi connectivity index (χ1v) is 19.5. The first-order chi connectivity index (χ1) is 25.9. The van der Waals surface area contributed by atoms with Gasteiger partial charge in [-0.2, -0.15) is 11.8 Å². The second kappa shape index (κ2) is 22.6. The van der Waals surface area contributed by atoms with Crippen LogP contribution < -0.4 is 37.6 Å². The maximum absolute atomic E-state index is 13.5. The van der Waals surface area contributed by atoms with Crippen molar-refractivity contribution in [1.29, 1.82) is 0 Å². The average molecular weight is 760 g/mol. The fourth-order valence-corrected chi connectivity index (χ4v) is 5.95. The number of hydrogen-bond donors (Lipinski definition) is 7. The van der Waals surface area contributed by atoms with Crippen LogP contribution in [0.3, 0.4) is 0 Å². The van der Waals surface area contributed by atoms with Gasteiger partial charge in [0, 0.05) is 30.3 Å². The van der Waals surface area contributed by atoms with E-state index in [1.54, 1.807) is 38.1 Å². The lowest BCUT2D eigenvalue weighted by atomic mass is 10.0. The van der Waals surface area contributed by atoms with E-state index in [9.17, 15) is 28.8 Å². The number of thioether (sulfide) groups is 1. The van der Waals surface area contributed by atoms with Gasteiger partial charge in [-0.15, -0.1) is 0 Å². The molecule has 0 saturated heterocycles. The molecule has 3 rings (SSSR count). The highest BCUT2D eigenvalue weighted by Crippen LogP contribution is 2.15. The molecule has 3 aromatic rings. The molecule has 7 amide bonds. The highest BCUT2D eigenvalue weighted by atomic mass is 32.2. The molecule has 0 radical (unpaired) electrons. The molecule has 0 spiro atoms. The van der Waals surface area contributed by atoms with E-state index in [0.717, 1.165) is 11.1 Å². The Labute approximate surface area is 321 Å². The van der Waals surface area contributed by atoms with Crippen LogP contribution in [0.1, 0.15) is 56.2 Å². The minimum atomic E-state index is -0.961. The Morgan fingerprint density at radius 3 is 2.02 bits per heavy atom. The summed E-state index contributed by atoms with van der Waals surface area (Å²) in [4.78, 5) is 77.3. The van der Waals surface area contributed by atoms with Gasteiger partial charge < -0.3 is 37.6 Å². The van der Waals surface area contributed by atoms with E-state index in [4.69, 9.17) is 5.73 Å². The molecule has 54 heavy (non-hydrogen) atoms. The van der Waals surface area contributed by atoms with Crippen LogP contribution in [0.15, 0.2) is 78.9 Å². The summed E-state index contributed by atoms with van der Waals surface area (Å²) in [5.74, 6) is -1.94. The van der Waals surface area contributed by atoms with Gasteiger partial charge in [-0.05, 0) is 79.5 Å². The van der Waals surface area contributed by atoms with Gasteiger partial charge in [-0.3, -0.25) is 24.0 Å². The normalized spacial score (nSPS) is 13.0. The van der Waals surface area contributed by atoms with Gasteiger partial charge in [0.05, 0.1) is 6.42 Å². The number of rotatable bonds is 21. The van der Waals surface area contributed by atoms with E-state index in [1.807, 2.05) is 67.8 Å². The molecule has 0 bridgehead atoms. The van der Waals surface area contributed by atoms with Crippen molar-refractivity contribution in [2.24, 2.45) is 11.7 Å². The third-order valence-electron chi connectivity index (χ3n) is 8.79. The molecule has 0 saturated carbocycles. The largest absolute Gasteiger partial charge is 0.369 e. The van der Waals surface area contributed by atoms with Gasteiger partial charge in [0.15, 0.2) is 0 Å². The molecule has 290 valence electrons. The van der Waals surface area contributed by atoms with Crippen LogP contribution in [0.2, 0.25) is 0 Å². The molecule has 3 aromatic carbocycles. The van der Waals surface area contributed by atoms with Crippen molar-refractivity contribution in [3.63, 3.8) is 0 Å². The molecule has 0 aliphatic carbocycles. The van der Waals surface area contributed by atoms with Gasteiger partial charge in [0.2, 0.25) is 29.5 Å².